The van der Waals surface area contributed by atoms with Crippen LogP contribution >= 0.6 is 11.6 Å². The Bertz CT molecular complexity index is 645. The van der Waals surface area contributed by atoms with Crippen molar-refractivity contribution in [1.82, 2.24) is 9.97 Å². The Labute approximate surface area is 122 Å². The Morgan fingerprint density at radius 2 is 1.80 bits per heavy atom. The molecule has 0 bridgehead atoms. The molecule has 1 N–H and O–H groups in total. The van der Waals surface area contributed by atoms with Crippen molar-refractivity contribution in [2.75, 3.05) is 18.0 Å². The molecule has 0 amide bonds. The van der Waals surface area contributed by atoms with E-state index in [9.17, 15) is 4.79 Å². The Balaban J connectivity index is 1.97. The molecule has 20 heavy (non-hydrogen) atoms. The maximum absolute atomic E-state index is 11.8. The van der Waals surface area contributed by atoms with E-state index < -0.39 is 0 Å². The first-order valence-electron chi connectivity index (χ1n) is 6.85. The summed E-state index contributed by atoms with van der Waals surface area (Å²) in [7, 11) is 0. The van der Waals surface area contributed by atoms with E-state index in [2.05, 4.69) is 14.9 Å². The highest BCUT2D eigenvalue weighted by Gasteiger charge is 2.14. The van der Waals surface area contributed by atoms with Crippen LogP contribution in [0, 0.1) is 0 Å². The van der Waals surface area contributed by atoms with Gasteiger partial charge in [-0.2, -0.15) is 0 Å². The average molecular weight is 290 g/mol. The smallest absolute Gasteiger partial charge is 0.252 e. The lowest BCUT2D eigenvalue weighted by Gasteiger charge is -2.27. The van der Waals surface area contributed by atoms with Crippen molar-refractivity contribution in [3.63, 3.8) is 0 Å². The summed E-state index contributed by atoms with van der Waals surface area (Å²) in [5.74, 6) is 0.669. The minimum atomic E-state index is -0.120. The van der Waals surface area contributed by atoms with Gasteiger partial charge in [0, 0.05) is 29.7 Å². The normalized spacial score (nSPS) is 15.3. The van der Waals surface area contributed by atoms with Crippen LogP contribution in [0.4, 0.5) is 5.95 Å². The van der Waals surface area contributed by atoms with Gasteiger partial charge in [0.25, 0.3) is 5.56 Å². The van der Waals surface area contributed by atoms with Crippen molar-refractivity contribution in [2.45, 2.75) is 19.3 Å². The van der Waals surface area contributed by atoms with E-state index in [1.54, 1.807) is 12.1 Å². The topological polar surface area (TPSA) is 49.0 Å². The molecule has 1 saturated heterocycles. The largest absolute Gasteiger partial charge is 0.342 e. The maximum Gasteiger partial charge on any atom is 0.252 e. The monoisotopic (exact) mass is 289 g/mol. The third-order valence-electron chi connectivity index (χ3n) is 3.52. The third-order valence-corrected chi connectivity index (χ3v) is 3.78. The number of hydrogen-bond donors (Lipinski definition) is 1. The fourth-order valence-electron chi connectivity index (χ4n) is 2.47. The van der Waals surface area contributed by atoms with Gasteiger partial charge in [0.1, 0.15) is 0 Å². The molecule has 0 atom stereocenters. The maximum atomic E-state index is 11.8. The zero-order valence-electron chi connectivity index (χ0n) is 11.1. The highest BCUT2D eigenvalue weighted by molar-refractivity contribution is 6.30. The third kappa shape index (κ3) is 2.85. The van der Waals surface area contributed by atoms with E-state index >= 15 is 0 Å². The molecule has 0 saturated carbocycles. The Hall–Kier alpha value is -1.81. The highest BCUT2D eigenvalue weighted by Crippen LogP contribution is 2.21. The van der Waals surface area contributed by atoms with Gasteiger partial charge in [-0.05, 0) is 31.4 Å². The van der Waals surface area contributed by atoms with Gasteiger partial charge < -0.3 is 4.90 Å². The summed E-state index contributed by atoms with van der Waals surface area (Å²) in [4.78, 5) is 21.4. The Morgan fingerprint density at radius 1 is 1.10 bits per heavy atom. The van der Waals surface area contributed by atoms with Crippen LogP contribution in [0.25, 0.3) is 11.3 Å². The number of rotatable bonds is 2. The summed E-state index contributed by atoms with van der Waals surface area (Å²) >= 11 is 5.89. The van der Waals surface area contributed by atoms with Gasteiger partial charge in [0.05, 0.1) is 5.69 Å². The molecule has 5 heteroatoms. The van der Waals surface area contributed by atoms with Crippen LogP contribution in [0.3, 0.4) is 0 Å². The van der Waals surface area contributed by atoms with Crippen molar-refractivity contribution in [2.24, 2.45) is 0 Å². The van der Waals surface area contributed by atoms with Gasteiger partial charge in [0.15, 0.2) is 0 Å². The van der Waals surface area contributed by atoms with Crippen LogP contribution in [-0.4, -0.2) is 23.1 Å². The van der Waals surface area contributed by atoms with Crippen molar-refractivity contribution in [3.8, 4) is 11.3 Å². The van der Waals surface area contributed by atoms with E-state index in [0.717, 1.165) is 31.5 Å². The molecule has 4 nitrogen and oxygen atoms in total. The summed E-state index contributed by atoms with van der Waals surface area (Å²) in [6, 6.07) is 8.89. The van der Waals surface area contributed by atoms with Crippen molar-refractivity contribution in [1.29, 1.82) is 0 Å². The lowest BCUT2D eigenvalue weighted by Crippen LogP contribution is -2.32. The van der Waals surface area contributed by atoms with Crippen LogP contribution in [0.2, 0.25) is 5.02 Å². The van der Waals surface area contributed by atoms with E-state index in [4.69, 9.17) is 11.6 Å². The Morgan fingerprint density at radius 3 is 2.50 bits per heavy atom. The molecule has 3 rings (SSSR count). The molecule has 2 aromatic rings. The number of halogens is 1. The molecule has 1 aromatic heterocycles. The standard InChI is InChI=1S/C15H16ClN3O/c16-12-6-4-11(5-7-12)13-10-14(20)18-15(17-13)19-8-2-1-3-9-19/h4-7,10H,1-3,8-9H2,(H,17,18,20). The fraction of sp³-hybridized carbons (Fsp3) is 0.333. The van der Waals surface area contributed by atoms with Crippen LogP contribution in [0.15, 0.2) is 35.1 Å². The van der Waals surface area contributed by atoms with Crippen molar-refractivity contribution in [3.05, 3.63) is 45.7 Å². The van der Waals surface area contributed by atoms with Crippen LogP contribution in [0.5, 0.6) is 0 Å². The number of hydrogen-bond acceptors (Lipinski definition) is 3. The summed E-state index contributed by atoms with van der Waals surface area (Å²) < 4.78 is 0. The number of benzene rings is 1. The SMILES string of the molecule is O=c1cc(-c2ccc(Cl)cc2)nc(N2CCCCC2)[nH]1. The number of aromatic nitrogens is 2. The van der Waals surface area contributed by atoms with E-state index in [1.807, 2.05) is 12.1 Å². The summed E-state index contributed by atoms with van der Waals surface area (Å²) in [6.45, 7) is 1.90. The van der Waals surface area contributed by atoms with Gasteiger partial charge in [-0.3, -0.25) is 9.78 Å². The number of nitrogens with one attached hydrogen (secondary N) is 1. The van der Waals surface area contributed by atoms with E-state index in [-0.39, 0.29) is 5.56 Å². The van der Waals surface area contributed by atoms with E-state index in [1.165, 1.54) is 12.5 Å². The highest BCUT2D eigenvalue weighted by atomic mass is 35.5. The minimum Gasteiger partial charge on any atom is -0.342 e. The molecule has 1 aliphatic rings. The lowest BCUT2D eigenvalue weighted by molar-refractivity contribution is 0.568. The van der Waals surface area contributed by atoms with Gasteiger partial charge in [-0.15, -0.1) is 0 Å². The number of H-pyrrole nitrogens is 1. The second kappa shape index (κ2) is 5.67. The zero-order valence-corrected chi connectivity index (χ0v) is 11.9. The average Bonchev–Trinajstić information content (AvgIpc) is 2.48. The van der Waals surface area contributed by atoms with Gasteiger partial charge in [-0.25, -0.2) is 4.98 Å². The quantitative estimate of drug-likeness (QED) is 0.924. The van der Waals surface area contributed by atoms with E-state index in [0.29, 0.717) is 16.7 Å². The molecule has 0 radical (unpaired) electrons. The predicted octanol–water partition coefficient (Wildman–Crippen LogP) is 3.08. The molecular formula is C15H16ClN3O. The molecule has 0 spiro atoms. The first kappa shape index (κ1) is 13.2. The Kier molecular flexibility index (Phi) is 3.74. The molecule has 104 valence electrons. The molecule has 1 aliphatic heterocycles. The molecule has 1 aromatic carbocycles. The minimum absolute atomic E-state index is 0.120. The second-order valence-electron chi connectivity index (χ2n) is 5.01. The number of aromatic amines is 1. The molecule has 2 heterocycles. The summed E-state index contributed by atoms with van der Waals surface area (Å²) in [5, 5.41) is 0.676. The number of anilines is 1. The van der Waals surface area contributed by atoms with Crippen LogP contribution in [0.1, 0.15) is 19.3 Å². The first-order chi connectivity index (χ1) is 9.72. The van der Waals surface area contributed by atoms with Gasteiger partial charge in [0.2, 0.25) is 5.95 Å². The molecular weight excluding hydrogens is 274 g/mol. The van der Waals surface area contributed by atoms with Crippen LogP contribution < -0.4 is 10.5 Å². The number of piperidine rings is 1. The predicted molar refractivity (Wildman–Crippen MR) is 81.4 cm³/mol. The number of nitrogens with zero attached hydrogens (tertiary/aromatic N) is 2. The second-order valence-corrected chi connectivity index (χ2v) is 5.45. The van der Waals surface area contributed by atoms with Crippen LogP contribution in [-0.2, 0) is 0 Å². The zero-order chi connectivity index (χ0) is 13.9. The van der Waals surface area contributed by atoms with Crippen molar-refractivity contribution < 1.29 is 0 Å². The fourth-order valence-corrected chi connectivity index (χ4v) is 2.59. The van der Waals surface area contributed by atoms with Gasteiger partial charge in [-0.1, -0.05) is 23.7 Å². The molecule has 0 unspecified atom stereocenters. The summed E-state index contributed by atoms with van der Waals surface area (Å²) in [5.41, 5.74) is 1.47. The first-order valence-corrected chi connectivity index (χ1v) is 7.22. The lowest BCUT2D eigenvalue weighted by atomic mass is 10.1. The summed E-state index contributed by atoms with van der Waals surface area (Å²) in [6.07, 6.45) is 3.54. The van der Waals surface area contributed by atoms with Gasteiger partial charge >= 0.3 is 0 Å². The molecule has 1 fully saturated rings. The molecule has 0 aliphatic carbocycles. The van der Waals surface area contributed by atoms with Crippen molar-refractivity contribution >= 4 is 17.5 Å².